The van der Waals surface area contributed by atoms with Gasteiger partial charge >= 0.3 is 0 Å². The SMILES string of the molecule is CN(C)[C@@H]1CN(Cc2nccn2C)CC[C@]1(O)c1ccccc1. The summed E-state index contributed by atoms with van der Waals surface area (Å²) >= 11 is 0. The number of hydrogen-bond acceptors (Lipinski definition) is 4. The molecule has 0 aliphatic carbocycles. The van der Waals surface area contributed by atoms with Crippen molar-refractivity contribution in [2.24, 2.45) is 7.05 Å². The number of rotatable bonds is 4. The normalized spacial score (nSPS) is 25.9. The average molecular weight is 314 g/mol. The van der Waals surface area contributed by atoms with Crippen molar-refractivity contribution in [1.29, 1.82) is 0 Å². The van der Waals surface area contributed by atoms with Crippen LogP contribution in [0.2, 0.25) is 0 Å². The van der Waals surface area contributed by atoms with Crippen molar-refractivity contribution < 1.29 is 5.11 Å². The molecule has 3 rings (SSSR count). The summed E-state index contributed by atoms with van der Waals surface area (Å²) in [4.78, 5) is 8.94. The van der Waals surface area contributed by atoms with E-state index in [0.717, 1.165) is 37.4 Å². The maximum absolute atomic E-state index is 11.4. The molecule has 0 saturated carbocycles. The molecular formula is C18H26N4O. The average Bonchev–Trinajstić information content (AvgIpc) is 2.95. The second-order valence-electron chi connectivity index (χ2n) is 6.71. The first kappa shape index (κ1) is 16.2. The number of imidazole rings is 1. The highest BCUT2D eigenvalue weighted by atomic mass is 16.3. The number of aryl methyl sites for hydroxylation is 1. The molecule has 2 heterocycles. The molecule has 1 N–H and O–H groups in total. The summed E-state index contributed by atoms with van der Waals surface area (Å²) in [7, 11) is 6.11. The van der Waals surface area contributed by atoms with Gasteiger partial charge in [0, 0.05) is 32.5 Å². The number of aromatic nitrogens is 2. The number of piperidine rings is 1. The minimum Gasteiger partial charge on any atom is -0.383 e. The number of likely N-dealkylation sites (N-methyl/N-ethyl adjacent to an activating group) is 1. The fourth-order valence-corrected chi connectivity index (χ4v) is 3.53. The highest BCUT2D eigenvalue weighted by Gasteiger charge is 2.44. The zero-order valence-electron chi connectivity index (χ0n) is 14.2. The number of nitrogens with zero attached hydrogens (tertiary/aromatic N) is 4. The van der Waals surface area contributed by atoms with Crippen LogP contribution >= 0.6 is 0 Å². The third-order valence-electron chi connectivity index (χ3n) is 4.97. The maximum atomic E-state index is 11.4. The van der Waals surface area contributed by atoms with Gasteiger partial charge in [0.05, 0.1) is 12.6 Å². The molecule has 0 radical (unpaired) electrons. The van der Waals surface area contributed by atoms with Gasteiger partial charge in [-0.05, 0) is 26.1 Å². The monoisotopic (exact) mass is 314 g/mol. The van der Waals surface area contributed by atoms with E-state index in [0.29, 0.717) is 0 Å². The first-order valence-electron chi connectivity index (χ1n) is 8.13. The van der Waals surface area contributed by atoms with Crippen LogP contribution in [0.5, 0.6) is 0 Å². The minimum atomic E-state index is -0.803. The van der Waals surface area contributed by atoms with Crippen LogP contribution in [-0.2, 0) is 19.2 Å². The highest BCUT2D eigenvalue weighted by molar-refractivity contribution is 5.25. The molecular weight excluding hydrogens is 288 g/mol. The second kappa shape index (κ2) is 6.43. The molecule has 2 atom stereocenters. The van der Waals surface area contributed by atoms with Crippen molar-refractivity contribution in [3.8, 4) is 0 Å². The Kier molecular flexibility index (Phi) is 4.53. The molecule has 1 aromatic heterocycles. The van der Waals surface area contributed by atoms with Gasteiger partial charge in [-0.15, -0.1) is 0 Å². The third-order valence-corrected chi connectivity index (χ3v) is 4.97. The smallest absolute Gasteiger partial charge is 0.122 e. The van der Waals surface area contributed by atoms with Crippen molar-refractivity contribution in [3.05, 3.63) is 54.1 Å². The molecule has 5 nitrogen and oxygen atoms in total. The molecule has 0 unspecified atom stereocenters. The molecule has 1 fully saturated rings. The van der Waals surface area contributed by atoms with Crippen LogP contribution in [0.25, 0.3) is 0 Å². The van der Waals surface area contributed by atoms with Crippen LogP contribution in [0.15, 0.2) is 42.7 Å². The first-order chi connectivity index (χ1) is 11.0. The quantitative estimate of drug-likeness (QED) is 0.928. The van der Waals surface area contributed by atoms with Crippen molar-refractivity contribution in [3.63, 3.8) is 0 Å². The van der Waals surface area contributed by atoms with Gasteiger partial charge in [0.2, 0.25) is 0 Å². The molecule has 0 bridgehead atoms. The highest BCUT2D eigenvalue weighted by Crippen LogP contribution is 2.35. The van der Waals surface area contributed by atoms with Gasteiger partial charge < -0.3 is 14.6 Å². The largest absolute Gasteiger partial charge is 0.383 e. The summed E-state index contributed by atoms with van der Waals surface area (Å²) in [5.74, 6) is 1.06. The van der Waals surface area contributed by atoms with Gasteiger partial charge in [0.1, 0.15) is 11.4 Å². The van der Waals surface area contributed by atoms with Crippen LogP contribution < -0.4 is 0 Å². The van der Waals surface area contributed by atoms with E-state index in [1.807, 2.05) is 63.9 Å². The minimum absolute atomic E-state index is 0.0546. The Bertz CT molecular complexity index is 639. The summed E-state index contributed by atoms with van der Waals surface area (Å²) in [5, 5.41) is 11.4. The van der Waals surface area contributed by atoms with Crippen LogP contribution in [0.3, 0.4) is 0 Å². The number of aliphatic hydroxyl groups is 1. The van der Waals surface area contributed by atoms with Gasteiger partial charge in [0.25, 0.3) is 0 Å². The number of hydrogen-bond donors (Lipinski definition) is 1. The Morgan fingerprint density at radius 1 is 1.30 bits per heavy atom. The summed E-state index contributed by atoms with van der Waals surface area (Å²) < 4.78 is 2.06. The molecule has 1 saturated heterocycles. The Balaban J connectivity index is 1.80. The van der Waals surface area contributed by atoms with Crippen molar-refractivity contribution in [2.75, 3.05) is 27.2 Å². The van der Waals surface area contributed by atoms with E-state index in [-0.39, 0.29) is 6.04 Å². The van der Waals surface area contributed by atoms with Crippen molar-refractivity contribution >= 4 is 0 Å². The molecule has 0 amide bonds. The second-order valence-corrected chi connectivity index (χ2v) is 6.71. The van der Waals surface area contributed by atoms with Gasteiger partial charge in [-0.1, -0.05) is 30.3 Å². The third kappa shape index (κ3) is 3.17. The van der Waals surface area contributed by atoms with Gasteiger partial charge in [-0.25, -0.2) is 4.98 Å². The lowest BCUT2D eigenvalue weighted by Gasteiger charge is -2.47. The Labute approximate surface area is 138 Å². The van der Waals surface area contributed by atoms with Crippen LogP contribution in [0.1, 0.15) is 17.8 Å². The van der Waals surface area contributed by atoms with Crippen LogP contribution in [-0.4, -0.2) is 57.7 Å². The van der Waals surface area contributed by atoms with E-state index in [4.69, 9.17) is 0 Å². The Hall–Kier alpha value is -1.69. The lowest BCUT2D eigenvalue weighted by Crippen LogP contribution is -2.58. The van der Waals surface area contributed by atoms with Crippen molar-refractivity contribution in [1.82, 2.24) is 19.4 Å². The van der Waals surface area contributed by atoms with Crippen molar-refractivity contribution in [2.45, 2.75) is 24.6 Å². The lowest BCUT2D eigenvalue weighted by atomic mass is 9.80. The van der Waals surface area contributed by atoms with E-state index >= 15 is 0 Å². The predicted molar refractivity (Wildman–Crippen MR) is 90.9 cm³/mol. The van der Waals surface area contributed by atoms with Crippen LogP contribution in [0.4, 0.5) is 0 Å². The standard InChI is InChI=1S/C18H26N4O/c1-20(2)16-13-22(14-17-19-10-12-21(17)3)11-9-18(16,23)15-7-5-4-6-8-15/h4-8,10,12,16,23H,9,11,13-14H2,1-3H3/t16-,18+/m1/s1. The topological polar surface area (TPSA) is 44.5 Å². The molecule has 124 valence electrons. The Morgan fingerprint density at radius 3 is 2.65 bits per heavy atom. The van der Waals surface area contributed by atoms with Gasteiger partial charge in [-0.3, -0.25) is 4.90 Å². The molecule has 2 aromatic rings. The maximum Gasteiger partial charge on any atom is 0.122 e. The fraction of sp³-hybridized carbons (Fsp3) is 0.500. The predicted octanol–water partition coefficient (Wildman–Crippen LogP) is 1.44. The fourth-order valence-electron chi connectivity index (χ4n) is 3.53. The lowest BCUT2D eigenvalue weighted by molar-refractivity contribution is -0.0897. The summed E-state index contributed by atoms with van der Waals surface area (Å²) in [6.07, 6.45) is 4.54. The first-order valence-corrected chi connectivity index (χ1v) is 8.13. The van der Waals surface area contributed by atoms with Crippen LogP contribution in [0, 0.1) is 0 Å². The summed E-state index contributed by atoms with van der Waals surface area (Å²) in [6, 6.07) is 10.1. The van der Waals surface area contributed by atoms with E-state index < -0.39 is 5.60 Å². The van der Waals surface area contributed by atoms with E-state index in [2.05, 4.69) is 19.4 Å². The summed E-state index contributed by atoms with van der Waals surface area (Å²) in [5.41, 5.74) is 0.207. The summed E-state index contributed by atoms with van der Waals surface area (Å²) in [6.45, 7) is 2.51. The number of benzene rings is 1. The van der Waals surface area contributed by atoms with Gasteiger partial charge in [-0.2, -0.15) is 0 Å². The molecule has 1 aliphatic rings. The molecule has 1 aromatic carbocycles. The van der Waals surface area contributed by atoms with E-state index in [1.54, 1.807) is 0 Å². The zero-order valence-corrected chi connectivity index (χ0v) is 14.2. The van der Waals surface area contributed by atoms with E-state index in [9.17, 15) is 5.11 Å². The Morgan fingerprint density at radius 2 is 2.04 bits per heavy atom. The van der Waals surface area contributed by atoms with E-state index in [1.165, 1.54) is 0 Å². The molecule has 0 spiro atoms. The molecule has 5 heteroatoms. The molecule has 1 aliphatic heterocycles. The van der Waals surface area contributed by atoms with Gasteiger partial charge in [0.15, 0.2) is 0 Å². The zero-order chi connectivity index (χ0) is 16.4. The number of likely N-dealkylation sites (tertiary alicyclic amines) is 1. The molecule has 23 heavy (non-hydrogen) atoms.